The second-order valence-electron chi connectivity index (χ2n) is 6.83. The van der Waals surface area contributed by atoms with Crippen LogP contribution in [0.2, 0.25) is 0 Å². The van der Waals surface area contributed by atoms with Crippen molar-refractivity contribution in [3.63, 3.8) is 0 Å². The Morgan fingerprint density at radius 2 is 1.69 bits per heavy atom. The smallest absolute Gasteiger partial charge is 0.145 e. The molecule has 0 aromatic carbocycles. The molecular formula is C15H24O. The SMILES string of the molecule is CC1(C)CCC2(CC=CCC2)C(=O)C1(C)C. The molecular weight excluding hydrogens is 196 g/mol. The molecule has 0 amide bonds. The fourth-order valence-electron chi connectivity index (χ4n) is 3.27. The first-order chi connectivity index (χ1) is 7.32. The van der Waals surface area contributed by atoms with Gasteiger partial charge in [0, 0.05) is 10.8 Å². The van der Waals surface area contributed by atoms with E-state index in [0.717, 1.165) is 25.7 Å². The van der Waals surface area contributed by atoms with Crippen molar-refractivity contribution >= 4 is 5.78 Å². The maximum absolute atomic E-state index is 12.8. The van der Waals surface area contributed by atoms with E-state index in [1.807, 2.05) is 0 Å². The molecule has 1 fully saturated rings. The molecule has 1 nitrogen and oxygen atoms in total. The highest BCUT2D eigenvalue weighted by atomic mass is 16.1. The Bertz CT molecular complexity index is 335. The molecule has 0 aromatic rings. The molecule has 2 rings (SSSR count). The van der Waals surface area contributed by atoms with Gasteiger partial charge in [0.2, 0.25) is 0 Å². The molecule has 0 N–H and O–H groups in total. The van der Waals surface area contributed by atoms with Crippen LogP contribution in [0, 0.1) is 16.2 Å². The predicted molar refractivity (Wildman–Crippen MR) is 67.2 cm³/mol. The normalized spacial score (nSPS) is 36.6. The van der Waals surface area contributed by atoms with Gasteiger partial charge in [-0.3, -0.25) is 4.79 Å². The summed E-state index contributed by atoms with van der Waals surface area (Å²) in [5.74, 6) is 0.514. The highest BCUT2D eigenvalue weighted by Crippen LogP contribution is 2.56. The van der Waals surface area contributed by atoms with Gasteiger partial charge in [-0.1, -0.05) is 39.8 Å². The lowest BCUT2D eigenvalue weighted by atomic mass is 9.50. The van der Waals surface area contributed by atoms with E-state index in [1.54, 1.807) is 0 Å². The zero-order valence-corrected chi connectivity index (χ0v) is 11.1. The summed E-state index contributed by atoms with van der Waals surface area (Å²) in [7, 11) is 0. The topological polar surface area (TPSA) is 17.1 Å². The molecule has 0 aliphatic heterocycles. The van der Waals surface area contributed by atoms with E-state index in [9.17, 15) is 4.79 Å². The summed E-state index contributed by atoms with van der Waals surface area (Å²) >= 11 is 0. The number of Topliss-reactive ketones (excluding diaryl/α,β-unsaturated/α-hetero) is 1. The van der Waals surface area contributed by atoms with Crippen LogP contribution in [0.5, 0.6) is 0 Å². The second-order valence-corrected chi connectivity index (χ2v) is 6.83. The lowest BCUT2D eigenvalue weighted by molar-refractivity contribution is -0.152. The molecule has 0 radical (unpaired) electrons. The summed E-state index contributed by atoms with van der Waals surface area (Å²) in [6.07, 6.45) is 9.85. The highest BCUT2D eigenvalue weighted by molar-refractivity contribution is 5.91. The first-order valence-electron chi connectivity index (χ1n) is 6.52. The Balaban J connectivity index is 2.34. The number of carbonyl (C=O) groups excluding carboxylic acids is 1. The third kappa shape index (κ3) is 1.48. The minimum Gasteiger partial charge on any atom is -0.298 e. The lowest BCUT2D eigenvalue weighted by Crippen LogP contribution is -2.53. The summed E-state index contributed by atoms with van der Waals surface area (Å²) in [4.78, 5) is 12.8. The monoisotopic (exact) mass is 220 g/mol. The van der Waals surface area contributed by atoms with Gasteiger partial charge in [0.05, 0.1) is 0 Å². The van der Waals surface area contributed by atoms with Crippen LogP contribution in [0.15, 0.2) is 12.2 Å². The summed E-state index contributed by atoms with van der Waals surface area (Å²) < 4.78 is 0. The van der Waals surface area contributed by atoms with Gasteiger partial charge in [-0.15, -0.1) is 0 Å². The molecule has 0 bridgehead atoms. The Labute approximate surface area is 99.3 Å². The van der Waals surface area contributed by atoms with Crippen molar-refractivity contribution in [1.29, 1.82) is 0 Å². The zero-order chi connectivity index (χ0) is 12.0. The molecule has 0 saturated heterocycles. The largest absolute Gasteiger partial charge is 0.298 e. The minimum absolute atomic E-state index is 0.0201. The van der Waals surface area contributed by atoms with Gasteiger partial charge in [-0.25, -0.2) is 0 Å². The van der Waals surface area contributed by atoms with Crippen LogP contribution in [0.25, 0.3) is 0 Å². The van der Waals surface area contributed by atoms with Crippen molar-refractivity contribution in [3.05, 3.63) is 12.2 Å². The predicted octanol–water partition coefficient (Wildman–Crippen LogP) is 4.13. The van der Waals surface area contributed by atoms with Gasteiger partial charge in [0.1, 0.15) is 5.78 Å². The van der Waals surface area contributed by atoms with E-state index in [-0.39, 0.29) is 16.2 Å². The van der Waals surface area contributed by atoms with Crippen molar-refractivity contribution in [1.82, 2.24) is 0 Å². The molecule has 0 aromatic heterocycles. The number of hydrogen-bond acceptors (Lipinski definition) is 1. The minimum atomic E-state index is -0.170. The van der Waals surface area contributed by atoms with Crippen LogP contribution < -0.4 is 0 Å². The number of hydrogen-bond donors (Lipinski definition) is 0. The van der Waals surface area contributed by atoms with Crippen molar-refractivity contribution in [2.45, 2.75) is 59.8 Å². The molecule has 1 unspecified atom stereocenters. The molecule has 1 saturated carbocycles. The molecule has 0 heterocycles. The van der Waals surface area contributed by atoms with E-state index < -0.39 is 0 Å². The molecule has 90 valence electrons. The van der Waals surface area contributed by atoms with E-state index >= 15 is 0 Å². The number of ketones is 1. The fourth-order valence-corrected chi connectivity index (χ4v) is 3.27. The van der Waals surface area contributed by atoms with Gasteiger partial charge in [-0.05, 0) is 37.5 Å². The standard InChI is InChI=1S/C15H24O/c1-13(2)10-11-15(8-6-5-7-9-15)12(16)14(13,3)4/h5-6H,7-11H2,1-4H3. The van der Waals surface area contributed by atoms with Gasteiger partial charge in [-0.2, -0.15) is 0 Å². The second kappa shape index (κ2) is 3.45. The Hall–Kier alpha value is -0.590. The van der Waals surface area contributed by atoms with Crippen LogP contribution in [-0.4, -0.2) is 5.78 Å². The third-order valence-corrected chi connectivity index (χ3v) is 5.43. The Morgan fingerprint density at radius 3 is 2.25 bits per heavy atom. The fraction of sp³-hybridized carbons (Fsp3) is 0.800. The zero-order valence-electron chi connectivity index (χ0n) is 11.1. The van der Waals surface area contributed by atoms with Crippen LogP contribution in [0.1, 0.15) is 59.8 Å². The molecule has 16 heavy (non-hydrogen) atoms. The van der Waals surface area contributed by atoms with Crippen LogP contribution >= 0.6 is 0 Å². The quantitative estimate of drug-likeness (QED) is 0.561. The molecule has 1 atom stereocenters. The van der Waals surface area contributed by atoms with E-state index in [0.29, 0.717) is 5.78 Å². The number of rotatable bonds is 0. The Kier molecular flexibility index (Phi) is 2.56. The third-order valence-electron chi connectivity index (χ3n) is 5.43. The summed E-state index contributed by atoms with van der Waals surface area (Å²) in [5, 5.41) is 0. The molecule has 1 heteroatoms. The van der Waals surface area contributed by atoms with Gasteiger partial charge >= 0.3 is 0 Å². The van der Waals surface area contributed by atoms with Crippen molar-refractivity contribution in [2.75, 3.05) is 0 Å². The average molecular weight is 220 g/mol. The van der Waals surface area contributed by atoms with Crippen molar-refractivity contribution in [2.24, 2.45) is 16.2 Å². The van der Waals surface area contributed by atoms with Crippen LogP contribution in [-0.2, 0) is 4.79 Å². The summed E-state index contributed by atoms with van der Waals surface area (Å²) in [6.45, 7) is 8.79. The maximum Gasteiger partial charge on any atom is 0.145 e. The van der Waals surface area contributed by atoms with Gasteiger partial charge in [0.15, 0.2) is 0 Å². The van der Waals surface area contributed by atoms with E-state index in [4.69, 9.17) is 0 Å². The van der Waals surface area contributed by atoms with Crippen LogP contribution in [0.4, 0.5) is 0 Å². The Morgan fingerprint density at radius 1 is 1.00 bits per heavy atom. The van der Waals surface area contributed by atoms with Crippen molar-refractivity contribution in [3.8, 4) is 0 Å². The molecule has 2 aliphatic carbocycles. The number of allylic oxidation sites excluding steroid dienone is 2. The van der Waals surface area contributed by atoms with Crippen LogP contribution in [0.3, 0.4) is 0 Å². The van der Waals surface area contributed by atoms with Gasteiger partial charge < -0.3 is 0 Å². The van der Waals surface area contributed by atoms with E-state index in [2.05, 4.69) is 39.8 Å². The lowest BCUT2D eigenvalue weighted by Gasteiger charge is -2.53. The van der Waals surface area contributed by atoms with Gasteiger partial charge in [0.25, 0.3) is 0 Å². The molecule has 2 aliphatic rings. The first kappa shape index (κ1) is 11.9. The number of carbonyl (C=O) groups is 1. The summed E-state index contributed by atoms with van der Waals surface area (Å²) in [5.41, 5.74) is -0.0410. The summed E-state index contributed by atoms with van der Waals surface area (Å²) in [6, 6.07) is 0. The van der Waals surface area contributed by atoms with E-state index in [1.165, 1.54) is 6.42 Å². The first-order valence-corrected chi connectivity index (χ1v) is 6.52. The average Bonchev–Trinajstić information content (AvgIpc) is 2.25. The molecule has 1 spiro atoms. The van der Waals surface area contributed by atoms with Crippen molar-refractivity contribution < 1.29 is 4.79 Å². The maximum atomic E-state index is 12.8. The highest BCUT2D eigenvalue weighted by Gasteiger charge is 2.55.